The van der Waals surface area contributed by atoms with E-state index in [1.54, 1.807) is 13.8 Å². The number of benzene rings is 2. The standard InChI is InChI=1S/C25H33O5P/c1-5-29-31(27,30-6-2)16-28-20-13-17(3)24-19(14-20)7-9-21(24)18-8-10-23(26)22(15-18)25(4)11-12-25/h8,10,13-15,21,26H,5-7,9,11-12,16H2,1-4H3. The van der Waals surface area contributed by atoms with Gasteiger partial charge in [0.05, 0.1) is 13.2 Å². The first-order valence-corrected chi connectivity index (χ1v) is 13.0. The van der Waals surface area contributed by atoms with Crippen LogP contribution in [-0.2, 0) is 25.4 Å². The van der Waals surface area contributed by atoms with E-state index in [1.165, 1.54) is 22.3 Å². The minimum absolute atomic E-state index is 0.0871. The molecule has 1 atom stereocenters. The SMILES string of the molecule is CCOP(=O)(COc1cc(C)c2c(c1)CCC2c1ccc(O)c(C2(C)CC2)c1)OCC. The summed E-state index contributed by atoms with van der Waals surface area (Å²) in [6.07, 6.45) is 4.20. The molecule has 1 fully saturated rings. The number of rotatable bonds is 9. The van der Waals surface area contributed by atoms with Crippen LogP contribution in [0.15, 0.2) is 30.3 Å². The highest BCUT2D eigenvalue weighted by Gasteiger charge is 2.41. The third-order valence-corrected chi connectivity index (χ3v) is 8.36. The fourth-order valence-electron chi connectivity index (χ4n) is 4.77. The summed E-state index contributed by atoms with van der Waals surface area (Å²) in [5.41, 5.74) is 6.28. The molecule has 0 aromatic heterocycles. The van der Waals surface area contributed by atoms with Crippen molar-refractivity contribution in [2.45, 2.75) is 64.7 Å². The lowest BCUT2D eigenvalue weighted by Gasteiger charge is -2.20. The van der Waals surface area contributed by atoms with Crippen molar-refractivity contribution in [3.05, 3.63) is 58.1 Å². The molecule has 0 aliphatic heterocycles. The number of phenolic OH excluding ortho intramolecular Hbond substituents is 1. The zero-order valence-electron chi connectivity index (χ0n) is 18.9. The molecule has 0 bridgehead atoms. The largest absolute Gasteiger partial charge is 0.508 e. The average Bonchev–Trinajstić information content (AvgIpc) is 3.32. The molecule has 2 aliphatic rings. The molecule has 0 saturated heterocycles. The Hall–Kier alpha value is -1.81. The van der Waals surface area contributed by atoms with E-state index >= 15 is 0 Å². The second-order valence-corrected chi connectivity index (χ2v) is 11.0. The van der Waals surface area contributed by atoms with Crippen molar-refractivity contribution < 1.29 is 23.5 Å². The third kappa shape index (κ3) is 4.55. The van der Waals surface area contributed by atoms with Gasteiger partial charge < -0.3 is 18.9 Å². The molecule has 4 rings (SSSR count). The van der Waals surface area contributed by atoms with Crippen molar-refractivity contribution in [2.24, 2.45) is 0 Å². The van der Waals surface area contributed by atoms with Crippen LogP contribution < -0.4 is 4.74 Å². The molecule has 2 aromatic carbocycles. The molecule has 2 aromatic rings. The minimum Gasteiger partial charge on any atom is -0.508 e. The van der Waals surface area contributed by atoms with Gasteiger partial charge in [-0.3, -0.25) is 4.57 Å². The van der Waals surface area contributed by atoms with Gasteiger partial charge in [0.2, 0.25) is 0 Å². The molecular formula is C25H33O5P. The van der Waals surface area contributed by atoms with Gasteiger partial charge in [0.15, 0.2) is 6.35 Å². The highest BCUT2D eigenvalue weighted by molar-refractivity contribution is 7.53. The molecule has 1 N–H and O–H groups in total. The first-order chi connectivity index (χ1) is 14.8. The van der Waals surface area contributed by atoms with Crippen LogP contribution >= 0.6 is 7.60 Å². The Morgan fingerprint density at radius 3 is 2.48 bits per heavy atom. The van der Waals surface area contributed by atoms with Gasteiger partial charge in [0.25, 0.3) is 0 Å². The first-order valence-electron chi connectivity index (χ1n) is 11.3. The van der Waals surface area contributed by atoms with Gasteiger partial charge >= 0.3 is 7.60 Å². The van der Waals surface area contributed by atoms with Gasteiger partial charge in [-0.05, 0) is 92.3 Å². The van der Waals surface area contributed by atoms with Crippen molar-refractivity contribution in [1.82, 2.24) is 0 Å². The molecule has 0 radical (unpaired) electrons. The van der Waals surface area contributed by atoms with Crippen LogP contribution in [0.5, 0.6) is 11.5 Å². The monoisotopic (exact) mass is 444 g/mol. The van der Waals surface area contributed by atoms with Gasteiger partial charge in [-0.25, -0.2) is 0 Å². The Labute approximate surface area is 185 Å². The molecular weight excluding hydrogens is 411 g/mol. The third-order valence-electron chi connectivity index (χ3n) is 6.61. The number of phenols is 1. The summed E-state index contributed by atoms with van der Waals surface area (Å²) in [5, 5.41) is 10.4. The van der Waals surface area contributed by atoms with E-state index in [0.717, 1.165) is 31.2 Å². The van der Waals surface area contributed by atoms with E-state index in [9.17, 15) is 9.67 Å². The van der Waals surface area contributed by atoms with E-state index in [4.69, 9.17) is 13.8 Å². The van der Waals surface area contributed by atoms with Gasteiger partial charge in [0, 0.05) is 11.5 Å². The molecule has 2 aliphatic carbocycles. The lowest BCUT2D eigenvalue weighted by molar-refractivity contribution is 0.197. The van der Waals surface area contributed by atoms with E-state index in [-0.39, 0.29) is 11.8 Å². The van der Waals surface area contributed by atoms with Crippen LogP contribution in [0, 0.1) is 6.92 Å². The van der Waals surface area contributed by atoms with E-state index < -0.39 is 7.60 Å². The van der Waals surface area contributed by atoms with Crippen molar-refractivity contribution in [2.75, 3.05) is 19.6 Å². The second-order valence-electron chi connectivity index (χ2n) is 8.96. The van der Waals surface area contributed by atoms with Crippen LogP contribution in [0.2, 0.25) is 0 Å². The molecule has 6 heteroatoms. The fraction of sp³-hybridized carbons (Fsp3) is 0.520. The van der Waals surface area contributed by atoms with Crippen molar-refractivity contribution in [3.63, 3.8) is 0 Å². The zero-order chi connectivity index (χ0) is 22.2. The predicted molar refractivity (Wildman–Crippen MR) is 122 cm³/mol. The van der Waals surface area contributed by atoms with Gasteiger partial charge in [0.1, 0.15) is 11.5 Å². The number of ether oxygens (including phenoxy) is 1. The topological polar surface area (TPSA) is 65.0 Å². The minimum atomic E-state index is -3.25. The molecule has 5 nitrogen and oxygen atoms in total. The number of hydrogen-bond donors (Lipinski definition) is 1. The molecule has 0 amide bonds. The summed E-state index contributed by atoms with van der Waals surface area (Å²) in [6.45, 7) is 8.57. The van der Waals surface area contributed by atoms with E-state index in [2.05, 4.69) is 32.0 Å². The van der Waals surface area contributed by atoms with E-state index in [1.807, 2.05) is 12.1 Å². The van der Waals surface area contributed by atoms with Gasteiger partial charge in [-0.1, -0.05) is 19.1 Å². The first kappa shape index (κ1) is 22.4. The highest BCUT2D eigenvalue weighted by atomic mass is 31.2. The molecule has 168 valence electrons. The Kier molecular flexibility index (Phi) is 6.22. The normalized spacial score (nSPS) is 19.3. The molecule has 0 spiro atoms. The Morgan fingerprint density at radius 2 is 1.84 bits per heavy atom. The van der Waals surface area contributed by atoms with Crippen molar-refractivity contribution in [3.8, 4) is 11.5 Å². The molecule has 31 heavy (non-hydrogen) atoms. The number of hydrogen-bond acceptors (Lipinski definition) is 5. The predicted octanol–water partition coefficient (Wildman–Crippen LogP) is 6.43. The molecule has 0 heterocycles. The maximum absolute atomic E-state index is 12.7. The van der Waals surface area contributed by atoms with Gasteiger partial charge in [-0.2, -0.15) is 0 Å². The van der Waals surface area contributed by atoms with E-state index in [0.29, 0.717) is 30.6 Å². The summed E-state index contributed by atoms with van der Waals surface area (Å²) in [6, 6.07) is 10.2. The van der Waals surface area contributed by atoms with Crippen LogP contribution in [0.4, 0.5) is 0 Å². The average molecular weight is 445 g/mol. The lowest BCUT2D eigenvalue weighted by atomic mass is 9.86. The second kappa shape index (κ2) is 8.61. The summed E-state index contributed by atoms with van der Waals surface area (Å²) in [4.78, 5) is 0. The Bertz CT molecular complexity index is 1000. The quantitative estimate of drug-likeness (QED) is 0.451. The summed E-state index contributed by atoms with van der Waals surface area (Å²) >= 11 is 0. The number of fused-ring (bicyclic) bond motifs is 1. The van der Waals surface area contributed by atoms with Crippen molar-refractivity contribution in [1.29, 1.82) is 0 Å². The highest BCUT2D eigenvalue weighted by Crippen LogP contribution is 2.52. The fourth-order valence-corrected chi connectivity index (χ4v) is 6.09. The summed E-state index contributed by atoms with van der Waals surface area (Å²) < 4.78 is 29.2. The zero-order valence-corrected chi connectivity index (χ0v) is 19.8. The Balaban J connectivity index is 1.57. The molecule has 1 saturated carbocycles. The van der Waals surface area contributed by atoms with Crippen LogP contribution in [0.3, 0.4) is 0 Å². The van der Waals surface area contributed by atoms with Crippen LogP contribution in [-0.4, -0.2) is 24.7 Å². The molecule has 1 unspecified atom stereocenters. The smallest absolute Gasteiger partial charge is 0.367 e. The van der Waals surface area contributed by atoms with Gasteiger partial charge in [-0.15, -0.1) is 0 Å². The maximum Gasteiger partial charge on any atom is 0.367 e. The maximum atomic E-state index is 12.7. The number of aromatic hydroxyl groups is 1. The lowest BCUT2D eigenvalue weighted by Crippen LogP contribution is -2.07. The van der Waals surface area contributed by atoms with Crippen molar-refractivity contribution >= 4 is 7.60 Å². The summed E-state index contributed by atoms with van der Waals surface area (Å²) in [5.74, 6) is 1.44. The van der Waals surface area contributed by atoms with Crippen LogP contribution in [0.25, 0.3) is 0 Å². The Morgan fingerprint density at radius 1 is 1.13 bits per heavy atom. The summed E-state index contributed by atoms with van der Waals surface area (Å²) in [7, 11) is -3.25. The van der Waals surface area contributed by atoms with Crippen LogP contribution in [0.1, 0.15) is 73.8 Å². The number of aryl methyl sites for hydroxylation is 2.